The minimum absolute atomic E-state index is 0.0417. The van der Waals surface area contributed by atoms with Crippen LogP contribution < -0.4 is 0 Å². The summed E-state index contributed by atoms with van der Waals surface area (Å²) in [6.45, 7) is 3.16. The van der Waals surface area contributed by atoms with Crippen molar-refractivity contribution in [1.29, 1.82) is 0 Å². The Labute approximate surface area is 390 Å². The van der Waals surface area contributed by atoms with Crippen LogP contribution in [0.3, 0.4) is 0 Å². The number of aliphatic hydroxyl groups is 5. The van der Waals surface area contributed by atoms with Crippen molar-refractivity contribution in [2.24, 2.45) is 0 Å². The fourth-order valence-electron chi connectivity index (χ4n) is 6.50. The van der Waals surface area contributed by atoms with Gasteiger partial charge >= 0.3 is 19.8 Å². The summed E-state index contributed by atoms with van der Waals surface area (Å²) in [4.78, 5) is 35.7. The van der Waals surface area contributed by atoms with E-state index in [2.05, 4.69) is 98.9 Å². The molecule has 0 aromatic heterocycles. The molecule has 1 fully saturated rings. The Hall–Kier alpha value is -3.23. The molecule has 6 unspecified atom stereocenters. The molecule has 1 saturated carbocycles. The van der Waals surface area contributed by atoms with Gasteiger partial charge in [-0.15, -0.1) is 0 Å². The van der Waals surface area contributed by atoms with Gasteiger partial charge in [0.25, 0.3) is 0 Å². The van der Waals surface area contributed by atoms with E-state index < -0.39 is 75.7 Å². The van der Waals surface area contributed by atoms with Crippen LogP contribution in [-0.2, 0) is 32.7 Å². The van der Waals surface area contributed by atoms with E-state index in [9.17, 15) is 44.6 Å². The van der Waals surface area contributed by atoms with Crippen LogP contribution in [0.1, 0.15) is 155 Å². The van der Waals surface area contributed by atoms with Crippen LogP contribution >= 0.6 is 7.82 Å². The summed E-state index contributed by atoms with van der Waals surface area (Å²) in [5.41, 5.74) is 0. The molecule has 0 aromatic carbocycles. The molecule has 1 rings (SSSR count). The second kappa shape index (κ2) is 39.9. The van der Waals surface area contributed by atoms with Gasteiger partial charge in [-0.2, -0.15) is 0 Å². The smallest absolute Gasteiger partial charge is 0.462 e. The maximum Gasteiger partial charge on any atom is 0.472 e. The van der Waals surface area contributed by atoms with Crippen molar-refractivity contribution in [3.63, 3.8) is 0 Å². The molecule has 0 heterocycles. The molecule has 0 amide bonds. The molecule has 370 valence electrons. The number of aliphatic hydroxyl groups excluding tert-OH is 5. The van der Waals surface area contributed by atoms with Gasteiger partial charge in [-0.05, 0) is 96.3 Å². The Morgan fingerprint density at radius 1 is 0.477 bits per heavy atom. The molecule has 0 aliphatic heterocycles. The number of hydrogen-bond donors (Lipinski definition) is 6. The average molecular weight is 935 g/mol. The molecule has 6 N–H and O–H groups in total. The summed E-state index contributed by atoms with van der Waals surface area (Å²) in [6.07, 6.45) is 40.3. The van der Waals surface area contributed by atoms with E-state index in [1.807, 2.05) is 12.2 Å². The largest absolute Gasteiger partial charge is 0.472 e. The van der Waals surface area contributed by atoms with Crippen LogP contribution in [0.4, 0.5) is 0 Å². The number of ether oxygens (including phenoxy) is 2. The van der Waals surface area contributed by atoms with Crippen molar-refractivity contribution in [3.05, 3.63) is 97.2 Å². The third-order valence-corrected chi connectivity index (χ3v) is 11.4. The lowest BCUT2D eigenvalue weighted by Crippen LogP contribution is -2.64. The van der Waals surface area contributed by atoms with E-state index in [1.54, 1.807) is 0 Å². The van der Waals surface area contributed by atoms with Crippen LogP contribution in [0.2, 0.25) is 0 Å². The normalized spacial score (nSPS) is 22.3. The number of unbranched alkanes of at least 4 members (excludes halogenated alkanes) is 10. The Morgan fingerprint density at radius 2 is 0.846 bits per heavy atom. The van der Waals surface area contributed by atoms with E-state index in [0.29, 0.717) is 19.3 Å². The molecule has 65 heavy (non-hydrogen) atoms. The van der Waals surface area contributed by atoms with Gasteiger partial charge in [0, 0.05) is 12.8 Å². The van der Waals surface area contributed by atoms with Gasteiger partial charge < -0.3 is 39.9 Å². The Balaban J connectivity index is 2.52. The van der Waals surface area contributed by atoms with E-state index in [4.69, 9.17) is 18.5 Å². The predicted molar refractivity (Wildman–Crippen MR) is 258 cm³/mol. The highest BCUT2D eigenvalue weighted by atomic mass is 31.2. The Bertz CT molecular complexity index is 1500. The van der Waals surface area contributed by atoms with Crippen molar-refractivity contribution in [3.8, 4) is 0 Å². The topological polar surface area (TPSA) is 210 Å². The summed E-state index contributed by atoms with van der Waals surface area (Å²) in [7, 11) is -5.15. The first kappa shape index (κ1) is 59.8. The number of rotatable bonds is 38. The van der Waals surface area contributed by atoms with Gasteiger partial charge in [-0.25, -0.2) is 4.57 Å². The first-order valence-corrected chi connectivity index (χ1v) is 25.5. The molecule has 0 saturated heterocycles. The zero-order valence-corrected chi connectivity index (χ0v) is 40.1. The molecule has 0 bridgehead atoms. The minimum Gasteiger partial charge on any atom is -0.462 e. The fourth-order valence-corrected chi connectivity index (χ4v) is 7.47. The van der Waals surface area contributed by atoms with Gasteiger partial charge in [-0.3, -0.25) is 18.6 Å². The standard InChI is InChI=1S/C51H83O13P/c1-3-5-7-9-11-13-15-17-19-21-22-24-26-28-30-32-34-36-38-40-45(53)63-43(42-62-65(59,60)64-51-49(57)47(55)46(54)48(56)50(51)58)41-61-44(52)39-37-35-33-31-29-27-25-23-20-18-16-14-12-10-8-6-4-2/h11-14,17-20,22,24-25,27-28,30-31,33,43,46-51,54-58H,3-10,15-16,21,23,26,29,32,34-42H2,1-2H3,(H,59,60)/b13-11+,14-12+,19-17+,20-18+,24-22+,27-25+,30-28+,33-31+/t43-,46?,47-,48?,49?,50?,51?/m1/s1. The lowest BCUT2D eigenvalue weighted by atomic mass is 9.85. The third-order valence-electron chi connectivity index (χ3n) is 10.4. The summed E-state index contributed by atoms with van der Waals surface area (Å²) < 4.78 is 33.5. The number of phosphoric acid groups is 1. The van der Waals surface area contributed by atoms with Gasteiger partial charge in [0.05, 0.1) is 6.61 Å². The van der Waals surface area contributed by atoms with Gasteiger partial charge in [0.2, 0.25) is 0 Å². The maximum absolute atomic E-state index is 12.8. The average Bonchev–Trinajstić information content (AvgIpc) is 3.29. The number of hydrogen-bond acceptors (Lipinski definition) is 12. The van der Waals surface area contributed by atoms with Gasteiger partial charge in [0.1, 0.15) is 43.2 Å². The highest BCUT2D eigenvalue weighted by Crippen LogP contribution is 2.47. The van der Waals surface area contributed by atoms with Gasteiger partial charge in [-0.1, -0.05) is 143 Å². The zero-order valence-electron chi connectivity index (χ0n) is 39.2. The summed E-state index contributed by atoms with van der Waals surface area (Å²) >= 11 is 0. The SMILES string of the molecule is CCCCC/C=C/C/C=C/C/C=C/C/C=C/CCCCCC(=O)O[C@H](COC(=O)CCC/C=C/C/C=C/C/C=C/C/C=C/CCCCC)COP(=O)(O)OC1C(O)C(O)C(O)[C@@H](O)C1O. The first-order chi connectivity index (χ1) is 31.4. The Kier molecular flexibility index (Phi) is 36.7. The first-order valence-electron chi connectivity index (χ1n) is 24.0. The molecule has 8 atom stereocenters. The number of allylic oxidation sites excluding steroid dienone is 16. The van der Waals surface area contributed by atoms with Crippen LogP contribution in [-0.4, -0.2) is 98.3 Å². The minimum atomic E-state index is -5.15. The number of esters is 2. The van der Waals surface area contributed by atoms with Crippen molar-refractivity contribution in [2.45, 2.75) is 198 Å². The highest BCUT2D eigenvalue weighted by Gasteiger charge is 2.51. The van der Waals surface area contributed by atoms with E-state index in [0.717, 1.165) is 70.6 Å². The molecule has 0 radical (unpaired) electrons. The summed E-state index contributed by atoms with van der Waals surface area (Å²) in [6, 6.07) is 0. The zero-order chi connectivity index (χ0) is 47.8. The van der Waals surface area contributed by atoms with E-state index in [-0.39, 0.29) is 12.8 Å². The molecular formula is C51H83O13P. The van der Waals surface area contributed by atoms with Crippen molar-refractivity contribution < 1.29 is 63.1 Å². The second-order valence-electron chi connectivity index (χ2n) is 16.3. The second-order valence-corrected chi connectivity index (χ2v) is 17.7. The maximum atomic E-state index is 12.8. The molecule has 0 spiro atoms. The molecule has 0 aromatic rings. The predicted octanol–water partition coefficient (Wildman–Crippen LogP) is 9.83. The number of carbonyl (C=O) groups excluding carboxylic acids is 2. The quantitative estimate of drug-likeness (QED) is 0.0148. The number of carbonyl (C=O) groups is 2. The van der Waals surface area contributed by atoms with Crippen LogP contribution in [0, 0.1) is 0 Å². The highest BCUT2D eigenvalue weighted by molar-refractivity contribution is 7.47. The van der Waals surface area contributed by atoms with Crippen molar-refractivity contribution >= 4 is 19.8 Å². The van der Waals surface area contributed by atoms with Crippen LogP contribution in [0.5, 0.6) is 0 Å². The van der Waals surface area contributed by atoms with Crippen molar-refractivity contribution in [1.82, 2.24) is 0 Å². The molecule has 13 nitrogen and oxygen atoms in total. The van der Waals surface area contributed by atoms with Crippen LogP contribution in [0.25, 0.3) is 0 Å². The molecule has 1 aliphatic carbocycles. The van der Waals surface area contributed by atoms with Crippen molar-refractivity contribution in [2.75, 3.05) is 13.2 Å². The molecule has 14 heteroatoms. The van der Waals surface area contributed by atoms with Gasteiger partial charge in [0.15, 0.2) is 6.10 Å². The summed E-state index contributed by atoms with van der Waals surface area (Å²) in [5, 5.41) is 50.2. The Morgan fingerprint density at radius 3 is 1.28 bits per heavy atom. The molecule has 1 aliphatic rings. The van der Waals surface area contributed by atoms with E-state index >= 15 is 0 Å². The van der Waals surface area contributed by atoms with Crippen LogP contribution in [0.15, 0.2) is 97.2 Å². The summed E-state index contributed by atoms with van der Waals surface area (Å²) in [5.74, 6) is -1.21. The third kappa shape index (κ3) is 32.2. The lowest BCUT2D eigenvalue weighted by molar-refractivity contribution is -0.220. The monoisotopic (exact) mass is 935 g/mol. The number of phosphoric ester groups is 1. The fraction of sp³-hybridized carbons (Fsp3) is 0.647. The lowest BCUT2D eigenvalue weighted by Gasteiger charge is -2.41. The molecular weight excluding hydrogens is 852 g/mol. The van der Waals surface area contributed by atoms with E-state index in [1.165, 1.54) is 38.5 Å².